The van der Waals surface area contributed by atoms with Crippen LogP contribution in [-0.2, 0) is 6.54 Å². The molecule has 0 bridgehead atoms. The third-order valence-corrected chi connectivity index (χ3v) is 4.71. The average molecular weight is 389 g/mol. The Morgan fingerprint density at radius 3 is 2.62 bits per heavy atom. The van der Waals surface area contributed by atoms with Gasteiger partial charge in [-0.15, -0.1) is 0 Å². The zero-order chi connectivity index (χ0) is 20.1. The minimum atomic E-state index is -0.0241. The molecule has 3 aromatic rings. The Bertz CT molecular complexity index is 992. The number of benzene rings is 2. The van der Waals surface area contributed by atoms with Crippen molar-refractivity contribution in [3.05, 3.63) is 78.0 Å². The lowest BCUT2D eigenvalue weighted by Crippen LogP contribution is -2.30. The standard InChI is InChI=1S/C23H23N3O3/c1-2-26(16-17-6-4-3-5-7-17)23(27)18-10-11-24-22(14-18)25-19-8-9-20-21(15-19)29-13-12-28-20/h3-11,14-15H,2,12-13,16H2,1H3,(H,24,25). The van der Waals surface area contributed by atoms with Crippen LogP contribution in [0.1, 0.15) is 22.8 Å². The highest BCUT2D eigenvalue weighted by molar-refractivity contribution is 5.95. The number of pyridine rings is 1. The maximum Gasteiger partial charge on any atom is 0.254 e. The van der Waals surface area contributed by atoms with E-state index in [9.17, 15) is 4.79 Å². The highest BCUT2D eigenvalue weighted by Crippen LogP contribution is 2.33. The maximum atomic E-state index is 13.0. The number of carbonyl (C=O) groups excluding carboxylic acids is 1. The summed E-state index contributed by atoms with van der Waals surface area (Å²) >= 11 is 0. The number of nitrogens with zero attached hydrogens (tertiary/aromatic N) is 2. The normalized spacial score (nSPS) is 12.3. The zero-order valence-corrected chi connectivity index (χ0v) is 16.3. The molecule has 0 unspecified atom stereocenters. The van der Waals surface area contributed by atoms with Crippen LogP contribution in [0.15, 0.2) is 66.9 Å². The third-order valence-electron chi connectivity index (χ3n) is 4.71. The van der Waals surface area contributed by atoms with Gasteiger partial charge in [0.1, 0.15) is 19.0 Å². The molecule has 2 aromatic carbocycles. The molecule has 6 nitrogen and oxygen atoms in total. The molecule has 0 saturated carbocycles. The van der Waals surface area contributed by atoms with Crippen LogP contribution in [0.2, 0.25) is 0 Å². The Morgan fingerprint density at radius 1 is 1.03 bits per heavy atom. The van der Waals surface area contributed by atoms with E-state index in [0.717, 1.165) is 17.0 Å². The van der Waals surface area contributed by atoms with Crippen molar-refractivity contribution in [1.29, 1.82) is 0 Å². The van der Waals surface area contributed by atoms with Crippen molar-refractivity contribution in [1.82, 2.24) is 9.88 Å². The molecule has 0 atom stereocenters. The second-order valence-corrected chi connectivity index (χ2v) is 6.72. The molecule has 0 aliphatic carbocycles. The first-order valence-electron chi connectivity index (χ1n) is 9.69. The summed E-state index contributed by atoms with van der Waals surface area (Å²) in [6, 6.07) is 19.1. The molecule has 1 amide bonds. The number of amides is 1. The smallest absolute Gasteiger partial charge is 0.254 e. The lowest BCUT2D eigenvalue weighted by molar-refractivity contribution is 0.0752. The van der Waals surface area contributed by atoms with Gasteiger partial charge in [-0.05, 0) is 36.8 Å². The van der Waals surface area contributed by atoms with E-state index in [0.29, 0.717) is 43.4 Å². The van der Waals surface area contributed by atoms with Crippen LogP contribution in [-0.4, -0.2) is 35.5 Å². The molecule has 6 heteroatoms. The molecule has 1 N–H and O–H groups in total. The number of rotatable bonds is 6. The predicted molar refractivity (Wildman–Crippen MR) is 112 cm³/mol. The van der Waals surface area contributed by atoms with Gasteiger partial charge < -0.3 is 19.7 Å². The summed E-state index contributed by atoms with van der Waals surface area (Å²) < 4.78 is 11.2. The molecule has 1 aliphatic rings. The van der Waals surface area contributed by atoms with E-state index in [1.54, 1.807) is 18.3 Å². The summed E-state index contributed by atoms with van der Waals surface area (Å²) in [6.07, 6.45) is 1.64. The number of ether oxygens (including phenoxy) is 2. The summed E-state index contributed by atoms with van der Waals surface area (Å²) in [6.45, 7) is 4.27. The van der Waals surface area contributed by atoms with Crippen molar-refractivity contribution < 1.29 is 14.3 Å². The third kappa shape index (κ3) is 4.48. The van der Waals surface area contributed by atoms with Gasteiger partial charge in [0.25, 0.3) is 5.91 Å². The molecule has 1 aromatic heterocycles. The molecule has 148 valence electrons. The minimum absolute atomic E-state index is 0.0241. The van der Waals surface area contributed by atoms with E-state index in [2.05, 4.69) is 10.3 Å². The first kappa shape index (κ1) is 18.8. The largest absolute Gasteiger partial charge is 0.486 e. The first-order chi connectivity index (χ1) is 14.2. The van der Waals surface area contributed by atoms with Crippen molar-refractivity contribution in [3.8, 4) is 11.5 Å². The van der Waals surface area contributed by atoms with Gasteiger partial charge >= 0.3 is 0 Å². The minimum Gasteiger partial charge on any atom is -0.486 e. The Kier molecular flexibility index (Phi) is 5.61. The Hall–Kier alpha value is -3.54. The molecular weight excluding hydrogens is 366 g/mol. The van der Waals surface area contributed by atoms with Gasteiger partial charge in [-0.2, -0.15) is 0 Å². The fraction of sp³-hybridized carbons (Fsp3) is 0.217. The van der Waals surface area contributed by atoms with Gasteiger partial charge in [0, 0.05) is 36.6 Å². The number of anilines is 2. The summed E-state index contributed by atoms with van der Waals surface area (Å²) in [7, 11) is 0. The van der Waals surface area contributed by atoms with E-state index in [1.807, 2.05) is 60.4 Å². The van der Waals surface area contributed by atoms with Crippen molar-refractivity contribution in [2.45, 2.75) is 13.5 Å². The van der Waals surface area contributed by atoms with Crippen molar-refractivity contribution >= 4 is 17.4 Å². The van der Waals surface area contributed by atoms with E-state index in [1.165, 1.54) is 0 Å². The maximum absolute atomic E-state index is 13.0. The lowest BCUT2D eigenvalue weighted by Gasteiger charge is -2.21. The van der Waals surface area contributed by atoms with E-state index in [-0.39, 0.29) is 5.91 Å². The molecule has 29 heavy (non-hydrogen) atoms. The van der Waals surface area contributed by atoms with Gasteiger partial charge in [-0.3, -0.25) is 4.79 Å². The number of hydrogen-bond donors (Lipinski definition) is 1. The second-order valence-electron chi connectivity index (χ2n) is 6.72. The average Bonchev–Trinajstić information content (AvgIpc) is 2.78. The van der Waals surface area contributed by atoms with Gasteiger partial charge in [0.05, 0.1) is 0 Å². The summed E-state index contributed by atoms with van der Waals surface area (Å²) in [5.74, 6) is 2.01. The quantitative estimate of drug-likeness (QED) is 0.683. The topological polar surface area (TPSA) is 63.7 Å². The summed E-state index contributed by atoms with van der Waals surface area (Å²) in [5.41, 5.74) is 2.52. The van der Waals surface area contributed by atoms with Gasteiger partial charge in [0.15, 0.2) is 11.5 Å². The lowest BCUT2D eigenvalue weighted by atomic mass is 10.1. The molecule has 1 aliphatic heterocycles. The number of fused-ring (bicyclic) bond motifs is 1. The zero-order valence-electron chi connectivity index (χ0n) is 16.3. The van der Waals surface area contributed by atoms with Crippen LogP contribution in [0.25, 0.3) is 0 Å². The number of aromatic nitrogens is 1. The first-order valence-corrected chi connectivity index (χ1v) is 9.69. The number of carbonyl (C=O) groups is 1. The van der Waals surface area contributed by atoms with Crippen LogP contribution in [0, 0.1) is 0 Å². The summed E-state index contributed by atoms with van der Waals surface area (Å²) in [4.78, 5) is 19.2. The van der Waals surface area contributed by atoms with Crippen LogP contribution in [0.4, 0.5) is 11.5 Å². The van der Waals surface area contributed by atoms with Crippen LogP contribution < -0.4 is 14.8 Å². The van der Waals surface area contributed by atoms with Crippen molar-refractivity contribution in [2.75, 3.05) is 25.1 Å². The Labute approximate surface area is 170 Å². The van der Waals surface area contributed by atoms with E-state index >= 15 is 0 Å². The second kappa shape index (κ2) is 8.65. The van der Waals surface area contributed by atoms with Gasteiger partial charge in [-0.1, -0.05) is 30.3 Å². The van der Waals surface area contributed by atoms with Crippen molar-refractivity contribution in [3.63, 3.8) is 0 Å². The van der Waals surface area contributed by atoms with Gasteiger partial charge in [0.2, 0.25) is 0 Å². The number of hydrogen-bond acceptors (Lipinski definition) is 5. The van der Waals surface area contributed by atoms with E-state index in [4.69, 9.17) is 9.47 Å². The molecule has 0 radical (unpaired) electrons. The van der Waals surface area contributed by atoms with Crippen LogP contribution >= 0.6 is 0 Å². The Balaban J connectivity index is 1.49. The van der Waals surface area contributed by atoms with Crippen LogP contribution in [0.5, 0.6) is 11.5 Å². The fourth-order valence-electron chi connectivity index (χ4n) is 3.21. The monoisotopic (exact) mass is 389 g/mol. The molecule has 0 fully saturated rings. The molecule has 0 spiro atoms. The van der Waals surface area contributed by atoms with Crippen molar-refractivity contribution in [2.24, 2.45) is 0 Å². The van der Waals surface area contributed by atoms with Crippen LogP contribution in [0.3, 0.4) is 0 Å². The van der Waals surface area contributed by atoms with E-state index < -0.39 is 0 Å². The fourth-order valence-corrected chi connectivity index (χ4v) is 3.21. The SMILES string of the molecule is CCN(Cc1ccccc1)C(=O)c1ccnc(Nc2ccc3c(c2)OCCO3)c1. The molecule has 0 saturated heterocycles. The Morgan fingerprint density at radius 2 is 1.83 bits per heavy atom. The predicted octanol–water partition coefficient (Wildman–Crippen LogP) is 4.26. The molecule has 2 heterocycles. The number of nitrogens with one attached hydrogen (secondary N) is 1. The molecular formula is C23H23N3O3. The summed E-state index contributed by atoms with van der Waals surface area (Å²) in [5, 5.41) is 3.24. The highest BCUT2D eigenvalue weighted by Gasteiger charge is 2.16. The highest BCUT2D eigenvalue weighted by atomic mass is 16.6. The molecule has 4 rings (SSSR count). The van der Waals surface area contributed by atoms with Gasteiger partial charge in [-0.25, -0.2) is 4.98 Å².